The van der Waals surface area contributed by atoms with Crippen LogP contribution in [0.5, 0.6) is 11.5 Å². The zero-order chi connectivity index (χ0) is 14.2. The smallest absolute Gasteiger partial charge is 0.358 e. The monoisotopic (exact) mass is 283 g/mol. The van der Waals surface area contributed by atoms with Crippen molar-refractivity contribution in [3.8, 4) is 22.8 Å². The Hall–Kier alpha value is -2.21. The number of carboxylic acids is 1. The molecule has 2 N–H and O–H groups in total. The Balaban J connectivity index is 2.61. The summed E-state index contributed by atoms with van der Waals surface area (Å²) in [6.45, 7) is 1.73. The van der Waals surface area contributed by atoms with Gasteiger partial charge in [-0.3, -0.25) is 0 Å². The van der Waals surface area contributed by atoms with Crippen molar-refractivity contribution in [2.45, 2.75) is 6.92 Å². The van der Waals surface area contributed by atoms with Crippen LogP contribution in [0.1, 0.15) is 16.1 Å². The van der Waals surface area contributed by atoms with Crippen molar-refractivity contribution < 1.29 is 24.3 Å². The van der Waals surface area contributed by atoms with Crippen LogP contribution in [0.25, 0.3) is 11.3 Å². The first-order valence-corrected chi connectivity index (χ1v) is 5.60. The normalized spacial score (nSPS) is 10.5. The minimum atomic E-state index is -1.21. The van der Waals surface area contributed by atoms with Crippen LogP contribution in [0.4, 0.5) is 0 Å². The molecular weight excluding hydrogens is 274 g/mol. The highest BCUT2D eigenvalue weighted by Gasteiger charge is 2.21. The van der Waals surface area contributed by atoms with E-state index in [9.17, 15) is 9.90 Å². The number of carbonyl (C=O) groups is 1. The topological polar surface area (TPSA) is 92.8 Å². The number of aryl methyl sites for hydroxylation is 1. The highest BCUT2D eigenvalue weighted by Crippen LogP contribution is 2.43. The number of aromatic nitrogens is 1. The van der Waals surface area contributed by atoms with Crippen LogP contribution in [-0.2, 0) is 0 Å². The molecule has 1 heterocycles. The van der Waals surface area contributed by atoms with Gasteiger partial charge < -0.3 is 19.5 Å². The van der Waals surface area contributed by atoms with Gasteiger partial charge in [0.1, 0.15) is 0 Å². The van der Waals surface area contributed by atoms with E-state index in [0.29, 0.717) is 11.1 Å². The van der Waals surface area contributed by atoms with Gasteiger partial charge in [-0.25, -0.2) is 4.79 Å². The third kappa shape index (κ3) is 2.22. The number of phenols is 1. The lowest BCUT2D eigenvalue weighted by atomic mass is 10.0. The first kappa shape index (κ1) is 13.2. The lowest BCUT2D eigenvalue weighted by molar-refractivity contribution is 0.0686. The number of methoxy groups -OCH3 is 1. The molecule has 0 spiro atoms. The third-order valence-electron chi connectivity index (χ3n) is 2.60. The molecule has 2 rings (SSSR count). The number of halogens is 1. The van der Waals surface area contributed by atoms with Crippen molar-refractivity contribution in [1.82, 2.24) is 5.16 Å². The van der Waals surface area contributed by atoms with E-state index in [2.05, 4.69) is 5.16 Å². The minimum absolute atomic E-state index is 0.0185. The summed E-state index contributed by atoms with van der Waals surface area (Å²) in [6, 6.07) is 2.81. The van der Waals surface area contributed by atoms with E-state index in [4.69, 9.17) is 26.0 Å². The summed E-state index contributed by atoms with van der Waals surface area (Å²) >= 11 is 6.04. The molecule has 0 aliphatic heterocycles. The fourth-order valence-electron chi connectivity index (χ4n) is 1.69. The molecule has 0 unspecified atom stereocenters. The molecule has 6 nitrogen and oxygen atoms in total. The van der Waals surface area contributed by atoms with Crippen molar-refractivity contribution in [2.75, 3.05) is 7.11 Å². The zero-order valence-corrected chi connectivity index (χ0v) is 10.9. The number of nitrogens with zero attached hydrogens (tertiary/aromatic N) is 1. The van der Waals surface area contributed by atoms with Crippen LogP contribution in [0, 0.1) is 6.92 Å². The maximum absolute atomic E-state index is 10.8. The molecule has 7 heteroatoms. The number of ether oxygens (including phenoxy) is 1. The molecule has 1 aromatic carbocycles. The van der Waals surface area contributed by atoms with Gasteiger partial charge in [-0.2, -0.15) is 0 Å². The van der Waals surface area contributed by atoms with E-state index in [-0.39, 0.29) is 28.0 Å². The van der Waals surface area contributed by atoms with E-state index in [1.165, 1.54) is 13.2 Å². The summed E-state index contributed by atoms with van der Waals surface area (Å²) in [4.78, 5) is 10.8. The van der Waals surface area contributed by atoms with Gasteiger partial charge in [0.2, 0.25) is 0 Å². The summed E-state index contributed by atoms with van der Waals surface area (Å²) in [7, 11) is 1.40. The number of aromatic hydroxyl groups is 1. The first-order valence-electron chi connectivity index (χ1n) is 5.22. The molecule has 0 aliphatic rings. The number of benzene rings is 1. The lowest BCUT2D eigenvalue weighted by Crippen LogP contribution is -1.94. The van der Waals surface area contributed by atoms with Gasteiger partial charge >= 0.3 is 5.97 Å². The van der Waals surface area contributed by atoms with E-state index in [1.54, 1.807) is 13.0 Å². The number of rotatable bonds is 3. The Morgan fingerprint density at radius 3 is 2.68 bits per heavy atom. The van der Waals surface area contributed by atoms with Gasteiger partial charge in [0, 0.05) is 11.6 Å². The Morgan fingerprint density at radius 1 is 1.47 bits per heavy atom. The van der Waals surface area contributed by atoms with Crippen molar-refractivity contribution >= 4 is 17.6 Å². The van der Waals surface area contributed by atoms with Crippen molar-refractivity contribution in [3.05, 3.63) is 28.4 Å². The average Bonchev–Trinajstić information content (AvgIpc) is 2.83. The van der Waals surface area contributed by atoms with Gasteiger partial charge in [-0.15, -0.1) is 0 Å². The van der Waals surface area contributed by atoms with Gasteiger partial charge in [-0.05, 0) is 18.6 Å². The van der Waals surface area contributed by atoms with Crippen LogP contribution in [0.3, 0.4) is 0 Å². The fraction of sp³-hybridized carbons (Fsp3) is 0.167. The van der Waals surface area contributed by atoms with Crippen LogP contribution in [-0.4, -0.2) is 28.4 Å². The molecule has 0 aliphatic carbocycles. The summed E-state index contributed by atoms with van der Waals surface area (Å²) < 4.78 is 9.90. The summed E-state index contributed by atoms with van der Waals surface area (Å²) in [6.07, 6.45) is 0. The van der Waals surface area contributed by atoms with Crippen LogP contribution in [0.2, 0.25) is 5.02 Å². The Kier molecular flexibility index (Phi) is 3.35. The van der Waals surface area contributed by atoms with Gasteiger partial charge in [0.05, 0.1) is 12.1 Å². The largest absolute Gasteiger partial charge is 0.503 e. The predicted molar refractivity (Wildman–Crippen MR) is 66.9 cm³/mol. The minimum Gasteiger partial charge on any atom is -0.503 e. The number of phenolic OH excluding ortho intramolecular Hbond substituents is 1. The molecule has 100 valence electrons. The second-order valence-electron chi connectivity index (χ2n) is 3.81. The first-order chi connectivity index (χ1) is 8.95. The van der Waals surface area contributed by atoms with E-state index < -0.39 is 5.97 Å². The molecule has 0 saturated heterocycles. The van der Waals surface area contributed by atoms with Crippen molar-refractivity contribution in [2.24, 2.45) is 0 Å². The van der Waals surface area contributed by atoms with Gasteiger partial charge in [-0.1, -0.05) is 16.8 Å². The number of aromatic carboxylic acids is 1. The van der Waals surface area contributed by atoms with E-state index >= 15 is 0 Å². The molecule has 0 amide bonds. The fourth-order valence-corrected chi connectivity index (χ4v) is 2.02. The Labute approximate surface area is 113 Å². The quantitative estimate of drug-likeness (QED) is 0.899. The summed E-state index contributed by atoms with van der Waals surface area (Å²) in [5, 5.41) is 22.1. The molecule has 1 aromatic heterocycles. The maximum Gasteiger partial charge on any atom is 0.358 e. The van der Waals surface area contributed by atoms with Crippen molar-refractivity contribution in [1.29, 1.82) is 0 Å². The van der Waals surface area contributed by atoms with Crippen molar-refractivity contribution in [3.63, 3.8) is 0 Å². The standard InChI is InChI=1S/C12H10ClNO5/c1-5-3-8(18-2)11(15)10(13)9(5)7-4-6(12(16)17)14-19-7/h3-4,15H,1-2H3,(H,16,17). The Bertz CT molecular complexity index is 650. The molecule has 0 radical (unpaired) electrons. The SMILES string of the molecule is COc1cc(C)c(-c2cc(C(=O)O)no2)c(Cl)c1O. The molecule has 2 aromatic rings. The van der Waals surface area contributed by atoms with Crippen LogP contribution in [0.15, 0.2) is 16.7 Å². The average molecular weight is 284 g/mol. The van der Waals surface area contributed by atoms with Crippen LogP contribution >= 0.6 is 11.6 Å². The molecular formula is C12H10ClNO5. The highest BCUT2D eigenvalue weighted by molar-refractivity contribution is 6.35. The van der Waals surface area contributed by atoms with E-state index in [1.807, 2.05) is 0 Å². The molecule has 0 atom stereocenters. The maximum atomic E-state index is 10.8. The van der Waals surface area contributed by atoms with E-state index in [0.717, 1.165) is 0 Å². The molecule has 19 heavy (non-hydrogen) atoms. The zero-order valence-electron chi connectivity index (χ0n) is 10.1. The molecule has 0 saturated carbocycles. The second kappa shape index (κ2) is 4.81. The molecule has 0 fully saturated rings. The second-order valence-corrected chi connectivity index (χ2v) is 4.19. The van der Waals surface area contributed by atoms with Gasteiger partial charge in [0.25, 0.3) is 0 Å². The third-order valence-corrected chi connectivity index (χ3v) is 2.97. The number of hydrogen-bond donors (Lipinski definition) is 2. The summed E-state index contributed by atoms with van der Waals surface area (Å²) in [5.74, 6) is -1.05. The predicted octanol–water partition coefficient (Wildman–Crippen LogP) is 2.72. The number of hydrogen-bond acceptors (Lipinski definition) is 5. The molecule has 0 bridgehead atoms. The summed E-state index contributed by atoms with van der Waals surface area (Å²) in [5.41, 5.74) is 0.800. The number of carboxylic acid groups (broad SMARTS) is 1. The lowest BCUT2D eigenvalue weighted by Gasteiger charge is -2.10. The highest BCUT2D eigenvalue weighted by atomic mass is 35.5. The van der Waals surface area contributed by atoms with Gasteiger partial charge in [0.15, 0.2) is 23.0 Å². The Morgan fingerprint density at radius 2 is 2.16 bits per heavy atom. The van der Waals surface area contributed by atoms with Crippen LogP contribution < -0.4 is 4.74 Å².